The van der Waals surface area contributed by atoms with Gasteiger partial charge in [-0.15, -0.1) is 0 Å². The number of methoxy groups -OCH3 is 3. The second-order valence-electron chi connectivity index (χ2n) is 10.6. The number of amides is 1. The van der Waals surface area contributed by atoms with Gasteiger partial charge in [-0.1, -0.05) is 36.4 Å². The lowest BCUT2D eigenvalue weighted by atomic mass is 10.1. The van der Waals surface area contributed by atoms with E-state index in [9.17, 15) is 30.0 Å². The molecular formula is C38H42N2O10. The maximum atomic E-state index is 11.9. The average molecular weight is 687 g/mol. The molecule has 0 radical (unpaired) electrons. The highest BCUT2D eigenvalue weighted by Crippen LogP contribution is 2.28. The van der Waals surface area contributed by atoms with Gasteiger partial charge in [0.15, 0.2) is 40.3 Å². The number of ketones is 1. The third-order valence-corrected chi connectivity index (χ3v) is 7.02. The standard InChI is InChI=1S/2C19H21NO5/c1-24-17-11-13(3-6-15(17)21)5-8-19(23)20-10-9-14-4-7-16(22)18(12-14)25-2;1-24-19-12-15(5-9-18(19)23)4-8-17(22)13-25-20-11-10-14-2-6-16(21)7-3-14/h3-8,11-12,21-22H,9-10H2,1-2H3,(H,20,23);2-9,12,20-21,23H,10-11,13H2,1H3/b8-5-;8-4-. The number of rotatable bonds is 16. The van der Waals surface area contributed by atoms with Crippen LogP contribution in [0, 0.1) is 0 Å². The molecule has 0 atom stereocenters. The normalized spacial score (nSPS) is 10.8. The van der Waals surface area contributed by atoms with E-state index in [1.807, 2.05) is 12.1 Å². The third kappa shape index (κ3) is 13.3. The summed E-state index contributed by atoms with van der Waals surface area (Å²) in [5.41, 5.74) is 6.22. The molecule has 0 aliphatic heterocycles. The minimum absolute atomic E-state index is 0.0483. The molecule has 1 amide bonds. The molecule has 6 N–H and O–H groups in total. The van der Waals surface area contributed by atoms with Crippen LogP contribution in [0.4, 0.5) is 0 Å². The number of phenolic OH excluding ortho intramolecular Hbond substituents is 4. The Labute approximate surface area is 290 Å². The van der Waals surface area contributed by atoms with E-state index in [1.54, 1.807) is 66.7 Å². The summed E-state index contributed by atoms with van der Waals surface area (Å²) in [6.07, 6.45) is 7.43. The first-order valence-corrected chi connectivity index (χ1v) is 15.5. The van der Waals surface area contributed by atoms with Crippen molar-refractivity contribution in [2.24, 2.45) is 0 Å². The Kier molecular flexibility index (Phi) is 15.7. The van der Waals surface area contributed by atoms with E-state index in [2.05, 4.69) is 10.8 Å². The van der Waals surface area contributed by atoms with Crippen LogP contribution in [0.5, 0.6) is 40.2 Å². The van der Waals surface area contributed by atoms with Gasteiger partial charge in [0.25, 0.3) is 0 Å². The van der Waals surface area contributed by atoms with E-state index in [4.69, 9.17) is 19.0 Å². The van der Waals surface area contributed by atoms with Gasteiger partial charge in [0, 0.05) is 19.2 Å². The Morgan fingerprint density at radius 1 is 0.620 bits per heavy atom. The highest BCUT2D eigenvalue weighted by atomic mass is 16.6. The van der Waals surface area contributed by atoms with Crippen molar-refractivity contribution in [1.29, 1.82) is 0 Å². The summed E-state index contributed by atoms with van der Waals surface area (Å²) < 4.78 is 15.1. The minimum Gasteiger partial charge on any atom is -0.508 e. The van der Waals surface area contributed by atoms with Gasteiger partial charge in [-0.05, 0) is 95.8 Å². The molecule has 0 aliphatic carbocycles. The Bertz CT molecular complexity index is 1750. The van der Waals surface area contributed by atoms with Crippen molar-refractivity contribution in [3.63, 3.8) is 0 Å². The summed E-state index contributed by atoms with van der Waals surface area (Å²) in [4.78, 5) is 28.7. The van der Waals surface area contributed by atoms with Crippen LogP contribution in [0.1, 0.15) is 22.3 Å². The molecule has 0 fully saturated rings. The first-order valence-electron chi connectivity index (χ1n) is 15.5. The highest BCUT2D eigenvalue weighted by molar-refractivity contribution is 5.94. The topological polar surface area (TPSA) is 176 Å². The molecule has 50 heavy (non-hydrogen) atoms. The van der Waals surface area contributed by atoms with E-state index in [-0.39, 0.29) is 41.3 Å². The van der Waals surface area contributed by atoms with Crippen LogP contribution >= 0.6 is 0 Å². The number of phenols is 4. The Morgan fingerprint density at radius 2 is 1.12 bits per heavy atom. The molecule has 0 heterocycles. The average Bonchev–Trinajstić information content (AvgIpc) is 3.12. The third-order valence-electron chi connectivity index (χ3n) is 7.02. The lowest BCUT2D eigenvalue weighted by Crippen LogP contribution is -2.23. The van der Waals surface area contributed by atoms with Crippen molar-refractivity contribution in [2.45, 2.75) is 12.8 Å². The van der Waals surface area contributed by atoms with E-state index >= 15 is 0 Å². The molecule has 0 saturated heterocycles. The van der Waals surface area contributed by atoms with Crippen molar-refractivity contribution in [3.05, 3.63) is 113 Å². The summed E-state index contributed by atoms with van der Waals surface area (Å²) in [6, 6.07) is 21.6. The molecule has 4 rings (SSSR count). The number of hydroxylamine groups is 1. The van der Waals surface area contributed by atoms with Crippen LogP contribution in [0.2, 0.25) is 0 Å². The van der Waals surface area contributed by atoms with Gasteiger partial charge in [-0.3, -0.25) is 14.4 Å². The molecule has 12 nitrogen and oxygen atoms in total. The van der Waals surface area contributed by atoms with Gasteiger partial charge in [0.05, 0.1) is 21.3 Å². The largest absolute Gasteiger partial charge is 0.508 e. The van der Waals surface area contributed by atoms with Crippen LogP contribution in [-0.4, -0.2) is 73.1 Å². The van der Waals surface area contributed by atoms with Gasteiger partial charge in [0.2, 0.25) is 5.91 Å². The smallest absolute Gasteiger partial charge is 0.244 e. The summed E-state index contributed by atoms with van der Waals surface area (Å²) in [6.45, 7) is 0.925. The van der Waals surface area contributed by atoms with Crippen LogP contribution < -0.4 is 25.0 Å². The molecule has 264 valence electrons. The molecule has 0 bridgehead atoms. The number of hydrogen-bond donors (Lipinski definition) is 6. The summed E-state index contributed by atoms with van der Waals surface area (Å²) in [7, 11) is 4.42. The molecule has 4 aromatic rings. The lowest BCUT2D eigenvalue weighted by Gasteiger charge is -2.07. The van der Waals surface area contributed by atoms with Crippen molar-refractivity contribution < 1.29 is 49.1 Å². The van der Waals surface area contributed by atoms with Gasteiger partial charge in [-0.25, -0.2) is 5.48 Å². The number of carbonyl (C=O) groups is 2. The van der Waals surface area contributed by atoms with Crippen LogP contribution in [-0.2, 0) is 27.3 Å². The summed E-state index contributed by atoms with van der Waals surface area (Å²) in [5, 5.41) is 40.6. The maximum Gasteiger partial charge on any atom is 0.244 e. The van der Waals surface area contributed by atoms with E-state index in [0.717, 1.165) is 28.7 Å². The number of nitrogens with one attached hydrogen (secondary N) is 2. The Hall–Kier alpha value is -5.98. The van der Waals surface area contributed by atoms with E-state index in [0.29, 0.717) is 36.8 Å². The fourth-order valence-corrected chi connectivity index (χ4v) is 4.32. The highest BCUT2D eigenvalue weighted by Gasteiger charge is 2.05. The molecule has 12 heteroatoms. The van der Waals surface area contributed by atoms with E-state index < -0.39 is 0 Å². The monoisotopic (exact) mass is 686 g/mol. The first-order chi connectivity index (χ1) is 24.1. The molecule has 0 aromatic heterocycles. The van der Waals surface area contributed by atoms with E-state index in [1.165, 1.54) is 45.6 Å². The summed E-state index contributed by atoms with van der Waals surface area (Å²) >= 11 is 0. The number of ether oxygens (including phenoxy) is 3. The van der Waals surface area contributed by atoms with Crippen LogP contribution in [0.3, 0.4) is 0 Å². The second-order valence-corrected chi connectivity index (χ2v) is 10.6. The van der Waals surface area contributed by atoms with Gasteiger partial charge >= 0.3 is 0 Å². The molecule has 0 saturated carbocycles. The van der Waals surface area contributed by atoms with Gasteiger partial charge in [0.1, 0.15) is 12.4 Å². The molecule has 0 aliphatic rings. The molecule has 0 spiro atoms. The van der Waals surface area contributed by atoms with Crippen molar-refractivity contribution in [2.75, 3.05) is 41.0 Å². The second kappa shape index (κ2) is 20.4. The minimum atomic E-state index is -0.224. The van der Waals surface area contributed by atoms with Crippen LogP contribution in [0.15, 0.2) is 91.0 Å². The zero-order valence-corrected chi connectivity index (χ0v) is 28.1. The van der Waals surface area contributed by atoms with Crippen LogP contribution in [0.25, 0.3) is 12.2 Å². The molecule has 4 aromatic carbocycles. The van der Waals surface area contributed by atoms with Gasteiger partial charge in [-0.2, -0.15) is 0 Å². The predicted molar refractivity (Wildman–Crippen MR) is 190 cm³/mol. The number of benzene rings is 4. The quantitative estimate of drug-likeness (QED) is 0.0535. The Balaban J connectivity index is 0.000000270. The van der Waals surface area contributed by atoms with Crippen molar-refractivity contribution in [1.82, 2.24) is 10.8 Å². The SMILES string of the molecule is COc1cc(/C=C\C(=O)CONCCc2ccc(O)cc2)ccc1O.COc1cc(/C=C\C(=O)NCCc2ccc(O)c(OC)c2)ccc1O. The Morgan fingerprint density at radius 3 is 1.70 bits per heavy atom. The summed E-state index contributed by atoms with van der Waals surface area (Å²) in [5.74, 6) is 1.11. The van der Waals surface area contributed by atoms with Gasteiger partial charge < -0.3 is 40.0 Å². The fourth-order valence-electron chi connectivity index (χ4n) is 4.32. The number of hydrogen-bond acceptors (Lipinski definition) is 11. The molecular weight excluding hydrogens is 644 g/mol. The number of carbonyl (C=O) groups excluding carboxylic acids is 2. The zero-order chi connectivity index (χ0) is 36.3. The van der Waals surface area contributed by atoms with Crippen molar-refractivity contribution in [3.8, 4) is 40.2 Å². The zero-order valence-electron chi connectivity index (χ0n) is 28.1. The van der Waals surface area contributed by atoms with Crippen molar-refractivity contribution >= 4 is 23.8 Å². The maximum absolute atomic E-state index is 11.9. The fraction of sp³-hybridized carbons (Fsp3) is 0.211. The molecule has 0 unspecified atom stereocenters. The lowest BCUT2D eigenvalue weighted by molar-refractivity contribution is -0.121. The number of aromatic hydroxyl groups is 4. The first kappa shape index (κ1) is 38.5. The predicted octanol–water partition coefficient (Wildman–Crippen LogP) is 4.94.